The number of unbranched alkanes of at least 4 members (excludes halogenated alkanes) is 30. The van der Waals surface area contributed by atoms with Crippen molar-refractivity contribution in [3.05, 3.63) is 35.9 Å². The Balaban J connectivity index is 1.82. The van der Waals surface area contributed by atoms with Gasteiger partial charge in [-0.2, -0.15) is 0 Å². The second-order valence-electron chi connectivity index (χ2n) is 18.0. The minimum atomic E-state index is -1.50. The zero-order chi connectivity index (χ0) is 44.0. The Kier molecular flexibility index (Phi) is 34.2. The van der Waals surface area contributed by atoms with E-state index in [1.807, 2.05) is 30.3 Å². The lowest BCUT2D eigenvalue weighted by Crippen LogP contribution is -2.69. The smallest absolute Gasteiger partial charge is 0.407 e. The zero-order valence-corrected chi connectivity index (χ0v) is 39.2. The largest absolute Gasteiger partial charge is 0.445 e. The van der Waals surface area contributed by atoms with E-state index in [-0.39, 0.29) is 12.6 Å². The molecule has 1 saturated heterocycles. The van der Waals surface area contributed by atoms with E-state index in [0.717, 1.165) is 50.5 Å². The van der Waals surface area contributed by atoms with Crippen LogP contribution in [0.2, 0.25) is 0 Å². The lowest BCUT2D eigenvalue weighted by Gasteiger charge is -2.46. The maximum Gasteiger partial charge on any atom is 0.407 e. The summed E-state index contributed by atoms with van der Waals surface area (Å²) in [7, 11) is 0. The van der Waals surface area contributed by atoms with Crippen molar-refractivity contribution in [3.8, 4) is 0 Å². The van der Waals surface area contributed by atoms with Gasteiger partial charge < -0.3 is 35.4 Å². The molecular formula is C51H93N3O7. The third-order valence-electron chi connectivity index (χ3n) is 12.5. The van der Waals surface area contributed by atoms with Gasteiger partial charge in [0, 0.05) is 13.1 Å². The number of ether oxygens (including phenoxy) is 2. The van der Waals surface area contributed by atoms with Gasteiger partial charge in [-0.3, -0.25) is 4.90 Å². The normalized spacial score (nSPS) is 18.9. The van der Waals surface area contributed by atoms with Crippen molar-refractivity contribution in [2.24, 2.45) is 0 Å². The molecule has 0 spiro atoms. The van der Waals surface area contributed by atoms with Crippen LogP contribution < -0.4 is 10.6 Å². The molecular weight excluding hydrogens is 767 g/mol. The molecule has 1 aromatic rings. The Bertz CT molecular complexity index is 1160. The third-order valence-corrected chi connectivity index (χ3v) is 12.5. The molecule has 0 bridgehead atoms. The van der Waals surface area contributed by atoms with E-state index in [1.54, 1.807) is 0 Å². The fourth-order valence-corrected chi connectivity index (χ4v) is 8.57. The van der Waals surface area contributed by atoms with Gasteiger partial charge in [-0.05, 0) is 18.4 Å². The average Bonchev–Trinajstić information content (AvgIpc) is 3.27. The summed E-state index contributed by atoms with van der Waals surface area (Å²) in [4.78, 5) is 28.5. The van der Waals surface area contributed by atoms with Crippen molar-refractivity contribution in [2.45, 2.75) is 257 Å². The van der Waals surface area contributed by atoms with Crippen LogP contribution in [0.1, 0.15) is 225 Å². The average molecular weight is 860 g/mol. The summed E-state index contributed by atoms with van der Waals surface area (Å²) >= 11 is 0. The molecule has 354 valence electrons. The Morgan fingerprint density at radius 2 is 1.00 bits per heavy atom. The zero-order valence-electron chi connectivity index (χ0n) is 39.2. The van der Waals surface area contributed by atoms with Crippen LogP contribution in [0.5, 0.6) is 0 Å². The highest BCUT2D eigenvalue weighted by molar-refractivity contribution is 5.75. The predicted octanol–water partition coefficient (Wildman–Crippen LogP) is 12.3. The van der Waals surface area contributed by atoms with Gasteiger partial charge in [0.25, 0.3) is 0 Å². The number of rotatable bonds is 39. The molecule has 1 aromatic carbocycles. The number of aliphatic hydroxyl groups is 3. The molecule has 5 atom stereocenters. The topological polar surface area (TPSA) is 141 Å². The molecule has 10 nitrogen and oxygen atoms in total. The summed E-state index contributed by atoms with van der Waals surface area (Å²) in [6, 6.07) is 7.74. The lowest BCUT2D eigenvalue weighted by molar-refractivity contribution is -0.222. The number of carbonyl (C=O) groups is 2. The predicted molar refractivity (Wildman–Crippen MR) is 251 cm³/mol. The fourth-order valence-electron chi connectivity index (χ4n) is 8.57. The lowest BCUT2D eigenvalue weighted by atomic mass is 9.95. The molecule has 1 aliphatic heterocycles. The van der Waals surface area contributed by atoms with Gasteiger partial charge in [0.05, 0.1) is 6.61 Å². The summed E-state index contributed by atoms with van der Waals surface area (Å²) in [5, 5.41) is 37.9. The monoisotopic (exact) mass is 860 g/mol. The number of nitrogens with one attached hydrogen (secondary N) is 2. The highest BCUT2D eigenvalue weighted by Gasteiger charge is 2.48. The Morgan fingerprint density at radius 1 is 0.590 bits per heavy atom. The van der Waals surface area contributed by atoms with Gasteiger partial charge in [0.15, 0.2) is 6.23 Å². The molecule has 2 rings (SSSR count). The fraction of sp³-hybridized carbons (Fsp3) is 0.843. The van der Waals surface area contributed by atoms with Crippen molar-refractivity contribution in [1.29, 1.82) is 0 Å². The molecule has 0 radical (unpaired) electrons. The number of hydrogen-bond donors (Lipinski definition) is 5. The van der Waals surface area contributed by atoms with E-state index in [0.29, 0.717) is 13.1 Å². The first-order valence-electron chi connectivity index (χ1n) is 25.6. The number of nitrogens with zero attached hydrogens (tertiary/aromatic N) is 1. The van der Waals surface area contributed by atoms with Crippen molar-refractivity contribution >= 4 is 12.1 Å². The van der Waals surface area contributed by atoms with Crippen LogP contribution in [0.4, 0.5) is 9.59 Å². The molecule has 0 unspecified atom stereocenters. The summed E-state index contributed by atoms with van der Waals surface area (Å²) in [5.41, 5.74) is 0.800. The number of benzene rings is 1. The first-order chi connectivity index (χ1) is 29.9. The number of carbonyl (C=O) groups excluding carboxylic acids is 2. The van der Waals surface area contributed by atoms with Gasteiger partial charge in [-0.1, -0.05) is 237 Å². The molecule has 61 heavy (non-hydrogen) atoms. The maximum absolute atomic E-state index is 13.9. The van der Waals surface area contributed by atoms with Crippen LogP contribution in [-0.2, 0) is 16.1 Å². The van der Waals surface area contributed by atoms with Crippen molar-refractivity contribution in [3.63, 3.8) is 0 Å². The van der Waals surface area contributed by atoms with E-state index < -0.39 is 43.3 Å². The summed E-state index contributed by atoms with van der Waals surface area (Å²) in [6.45, 7) is 4.85. The van der Waals surface area contributed by atoms with Crippen LogP contribution in [0.3, 0.4) is 0 Å². The van der Waals surface area contributed by atoms with E-state index in [2.05, 4.69) is 24.5 Å². The standard InChI is InChI=1S/C51H93N3O7/c1-3-5-7-9-11-13-15-17-19-21-23-25-27-29-31-36-40-52-50(58)54(41-37-32-30-28-26-24-22-20-18-16-14-12-10-8-6-4-2)49-46(48(57)47(56)45(42-55)61-49)53-51(59)60-43-44-38-34-33-35-39-44/h33-35,38-39,45-49,55-57H,3-32,36-37,40-43H2,1-2H3,(H,52,58)(H,53,59)/t45-,46-,47-,48-,49-/m1/s1. The SMILES string of the molecule is CCCCCCCCCCCCCCCCCCNC(=O)N(CCCCCCCCCCCCCCCCCC)[C@@H]1O[C@H](CO)[C@@H](O)[C@H](O)[C@H]1NC(=O)OCc1ccccc1. The van der Waals surface area contributed by atoms with Crippen molar-refractivity contribution < 1.29 is 34.4 Å². The van der Waals surface area contributed by atoms with E-state index in [4.69, 9.17) is 9.47 Å². The second-order valence-corrected chi connectivity index (χ2v) is 18.0. The Morgan fingerprint density at radius 3 is 1.43 bits per heavy atom. The molecule has 10 heteroatoms. The first kappa shape index (κ1) is 54.7. The van der Waals surface area contributed by atoms with Crippen LogP contribution in [0.15, 0.2) is 30.3 Å². The van der Waals surface area contributed by atoms with E-state index in [1.165, 1.54) is 165 Å². The molecule has 0 aromatic heterocycles. The molecule has 3 amide bonds. The maximum atomic E-state index is 13.9. The van der Waals surface area contributed by atoms with Gasteiger partial charge >= 0.3 is 12.1 Å². The number of alkyl carbamates (subject to hydrolysis) is 1. The Hall–Kier alpha value is -2.40. The van der Waals surface area contributed by atoms with Crippen LogP contribution >= 0.6 is 0 Å². The molecule has 1 heterocycles. The summed E-state index contributed by atoms with van der Waals surface area (Å²) in [6.07, 6.45) is 34.4. The van der Waals surface area contributed by atoms with Gasteiger partial charge in [-0.15, -0.1) is 0 Å². The summed E-state index contributed by atoms with van der Waals surface area (Å²) in [5.74, 6) is 0. The minimum Gasteiger partial charge on any atom is -0.445 e. The van der Waals surface area contributed by atoms with Gasteiger partial charge in [0.1, 0.15) is 31.0 Å². The molecule has 0 aliphatic carbocycles. The summed E-state index contributed by atoms with van der Waals surface area (Å²) < 4.78 is 11.6. The number of hydrogen-bond acceptors (Lipinski definition) is 7. The molecule has 5 N–H and O–H groups in total. The highest BCUT2D eigenvalue weighted by atomic mass is 16.6. The molecule has 0 saturated carbocycles. The number of aliphatic hydroxyl groups excluding tert-OH is 3. The molecule has 1 fully saturated rings. The van der Waals surface area contributed by atoms with Gasteiger partial charge in [-0.25, -0.2) is 9.59 Å². The molecule has 1 aliphatic rings. The second kappa shape index (κ2) is 38.1. The first-order valence-corrected chi connectivity index (χ1v) is 25.6. The number of amides is 3. The van der Waals surface area contributed by atoms with Crippen LogP contribution in [0, 0.1) is 0 Å². The highest BCUT2D eigenvalue weighted by Crippen LogP contribution is 2.25. The quantitative estimate of drug-likeness (QED) is 0.0415. The van der Waals surface area contributed by atoms with Crippen LogP contribution in [0.25, 0.3) is 0 Å². The number of urea groups is 1. The Labute approximate surface area is 373 Å². The van der Waals surface area contributed by atoms with Gasteiger partial charge in [0.2, 0.25) is 0 Å². The van der Waals surface area contributed by atoms with E-state index in [9.17, 15) is 24.9 Å². The minimum absolute atomic E-state index is 0.0194. The van der Waals surface area contributed by atoms with Crippen molar-refractivity contribution in [2.75, 3.05) is 19.7 Å². The third kappa shape index (κ3) is 26.7. The van der Waals surface area contributed by atoms with Crippen molar-refractivity contribution in [1.82, 2.24) is 15.5 Å². The van der Waals surface area contributed by atoms with E-state index >= 15 is 0 Å². The van der Waals surface area contributed by atoms with Crippen LogP contribution in [-0.4, -0.2) is 82.6 Å².